The van der Waals surface area contributed by atoms with E-state index in [0.717, 1.165) is 37.3 Å². The number of nitrogens with one attached hydrogen (secondary N) is 3. The Kier molecular flexibility index (Phi) is 7.05. The third kappa shape index (κ3) is 6.20. The Hall–Kier alpha value is -3.09. The minimum Gasteiger partial charge on any atom is -0.357 e. The number of benzene rings is 1. The van der Waals surface area contributed by atoms with Crippen molar-refractivity contribution >= 4 is 23.4 Å². The lowest BCUT2D eigenvalue weighted by Crippen LogP contribution is -2.49. The molecule has 1 aromatic carbocycles. The maximum Gasteiger partial charge on any atom is 0.319 e. The average molecular weight is 396 g/mol. The van der Waals surface area contributed by atoms with E-state index in [1.54, 1.807) is 6.20 Å². The Balaban J connectivity index is 1.61. The van der Waals surface area contributed by atoms with Crippen molar-refractivity contribution in [3.63, 3.8) is 0 Å². The maximum atomic E-state index is 12.6. The van der Waals surface area contributed by atoms with E-state index < -0.39 is 12.1 Å². The van der Waals surface area contributed by atoms with Gasteiger partial charge in [0.15, 0.2) is 0 Å². The third-order valence-corrected chi connectivity index (χ3v) is 4.92. The lowest BCUT2D eigenvalue weighted by Gasteiger charge is -2.20. The molecule has 7 heteroatoms. The Morgan fingerprint density at radius 3 is 2.41 bits per heavy atom. The Morgan fingerprint density at radius 1 is 1.10 bits per heavy atom. The number of hydrogen-bond donors (Lipinski definition) is 3. The lowest BCUT2D eigenvalue weighted by molar-refractivity contribution is -0.123. The van der Waals surface area contributed by atoms with Gasteiger partial charge in [0.05, 0.1) is 11.9 Å². The van der Waals surface area contributed by atoms with Crippen molar-refractivity contribution in [2.75, 3.05) is 23.3 Å². The van der Waals surface area contributed by atoms with Crippen molar-refractivity contribution in [3.8, 4) is 0 Å². The van der Waals surface area contributed by atoms with Crippen molar-refractivity contribution in [3.05, 3.63) is 54.2 Å². The zero-order valence-electron chi connectivity index (χ0n) is 17.0. The smallest absolute Gasteiger partial charge is 0.319 e. The molecule has 29 heavy (non-hydrogen) atoms. The van der Waals surface area contributed by atoms with Gasteiger partial charge in [0.25, 0.3) is 0 Å². The summed E-state index contributed by atoms with van der Waals surface area (Å²) in [7, 11) is 0. The van der Waals surface area contributed by atoms with Crippen molar-refractivity contribution in [2.24, 2.45) is 0 Å². The first kappa shape index (κ1) is 20.6. The van der Waals surface area contributed by atoms with Gasteiger partial charge in [-0.1, -0.05) is 30.3 Å². The quantitative estimate of drug-likeness (QED) is 0.609. The van der Waals surface area contributed by atoms with Crippen LogP contribution in [0.4, 0.5) is 16.3 Å². The number of amides is 3. The zero-order chi connectivity index (χ0) is 20.6. The third-order valence-electron chi connectivity index (χ3n) is 4.92. The molecular weight excluding hydrogens is 366 g/mol. The average Bonchev–Trinajstić information content (AvgIpc) is 3.54. The Bertz CT molecular complexity index is 802. The summed E-state index contributed by atoms with van der Waals surface area (Å²) in [6.07, 6.45) is 4.07. The fourth-order valence-corrected chi connectivity index (χ4v) is 3.11. The molecule has 0 bridgehead atoms. The second-order valence-corrected chi connectivity index (χ2v) is 7.20. The van der Waals surface area contributed by atoms with Gasteiger partial charge in [-0.05, 0) is 44.4 Å². The zero-order valence-corrected chi connectivity index (χ0v) is 17.0. The molecule has 3 rings (SSSR count). The normalized spacial score (nSPS) is 14.0. The molecule has 1 aliphatic rings. The summed E-state index contributed by atoms with van der Waals surface area (Å²) in [5, 5.41) is 8.56. The SMILES string of the molecule is CCN(CC)c1ccc(NC(=O)NC(Cc2ccccc2)C(=O)NC2CC2)cn1. The Labute approximate surface area is 171 Å². The first-order valence-electron chi connectivity index (χ1n) is 10.2. The molecule has 1 heterocycles. The number of carbonyl (C=O) groups is 2. The first-order valence-corrected chi connectivity index (χ1v) is 10.2. The van der Waals surface area contributed by atoms with E-state index >= 15 is 0 Å². The van der Waals surface area contributed by atoms with Crippen LogP contribution in [0.2, 0.25) is 0 Å². The number of anilines is 2. The highest BCUT2D eigenvalue weighted by atomic mass is 16.2. The molecule has 154 valence electrons. The van der Waals surface area contributed by atoms with Gasteiger partial charge in [0.2, 0.25) is 5.91 Å². The molecule has 0 spiro atoms. The van der Waals surface area contributed by atoms with Crippen LogP contribution >= 0.6 is 0 Å². The van der Waals surface area contributed by atoms with Gasteiger partial charge in [-0.2, -0.15) is 0 Å². The molecule has 1 saturated carbocycles. The van der Waals surface area contributed by atoms with Crippen molar-refractivity contribution in [2.45, 2.75) is 45.2 Å². The van der Waals surface area contributed by atoms with Crippen LogP contribution in [0.3, 0.4) is 0 Å². The molecule has 3 amide bonds. The van der Waals surface area contributed by atoms with Gasteiger partial charge >= 0.3 is 6.03 Å². The molecule has 3 N–H and O–H groups in total. The molecule has 0 saturated heterocycles. The van der Waals surface area contributed by atoms with Gasteiger partial charge < -0.3 is 20.9 Å². The van der Waals surface area contributed by atoms with Crippen LogP contribution in [-0.4, -0.2) is 42.1 Å². The molecule has 2 aromatic rings. The van der Waals surface area contributed by atoms with E-state index in [-0.39, 0.29) is 11.9 Å². The largest absolute Gasteiger partial charge is 0.357 e. The topological polar surface area (TPSA) is 86.4 Å². The lowest BCUT2D eigenvalue weighted by atomic mass is 10.1. The highest BCUT2D eigenvalue weighted by Gasteiger charge is 2.28. The summed E-state index contributed by atoms with van der Waals surface area (Å²) in [6, 6.07) is 12.6. The van der Waals surface area contributed by atoms with Crippen molar-refractivity contribution in [1.29, 1.82) is 0 Å². The van der Waals surface area contributed by atoms with Crippen LogP contribution in [0.15, 0.2) is 48.7 Å². The first-order chi connectivity index (χ1) is 14.1. The maximum absolute atomic E-state index is 12.6. The van der Waals surface area contributed by atoms with Crippen LogP contribution in [-0.2, 0) is 11.2 Å². The van der Waals surface area contributed by atoms with Gasteiger partial charge in [-0.25, -0.2) is 9.78 Å². The number of hydrogen-bond acceptors (Lipinski definition) is 4. The number of nitrogens with zero attached hydrogens (tertiary/aromatic N) is 2. The monoisotopic (exact) mass is 395 g/mol. The van der Waals surface area contributed by atoms with E-state index in [0.29, 0.717) is 12.1 Å². The van der Waals surface area contributed by atoms with Gasteiger partial charge in [-0.3, -0.25) is 4.79 Å². The number of aromatic nitrogens is 1. The van der Waals surface area contributed by atoms with Crippen LogP contribution in [0.5, 0.6) is 0 Å². The van der Waals surface area contributed by atoms with Crippen molar-refractivity contribution in [1.82, 2.24) is 15.6 Å². The van der Waals surface area contributed by atoms with Gasteiger partial charge in [-0.15, -0.1) is 0 Å². The standard InChI is InChI=1S/C22H29N5O2/c1-3-27(4-2)20-13-12-18(15-23-20)25-22(29)26-19(21(28)24-17-10-11-17)14-16-8-6-5-7-9-16/h5-9,12-13,15,17,19H,3-4,10-11,14H2,1-2H3,(H,24,28)(H2,25,26,29). The highest BCUT2D eigenvalue weighted by molar-refractivity contribution is 5.94. The van der Waals surface area contributed by atoms with Crippen molar-refractivity contribution < 1.29 is 9.59 Å². The summed E-state index contributed by atoms with van der Waals surface area (Å²) < 4.78 is 0. The fourth-order valence-electron chi connectivity index (χ4n) is 3.11. The van der Waals surface area contributed by atoms with E-state index in [1.165, 1.54) is 0 Å². The summed E-state index contributed by atoms with van der Waals surface area (Å²) in [5.41, 5.74) is 1.58. The predicted molar refractivity (Wildman–Crippen MR) is 115 cm³/mol. The Morgan fingerprint density at radius 2 is 1.83 bits per heavy atom. The number of rotatable bonds is 9. The van der Waals surface area contributed by atoms with Gasteiger partial charge in [0, 0.05) is 25.6 Å². The molecule has 1 unspecified atom stereocenters. The van der Waals surface area contributed by atoms with Crippen LogP contribution < -0.4 is 20.9 Å². The van der Waals surface area contributed by atoms with E-state index in [4.69, 9.17) is 0 Å². The second-order valence-electron chi connectivity index (χ2n) is 7.20. The highest BCUT2D eigenvalue weighted by Crippen LogP contribution is 2.19. The van der Waals surface area contributed by atoms with E-state index in [1.807, 2.05) is 42.5 Å². The van der Waals surface area contributed by atoms with Crippen LogP contribution in [0.25, 0.3) is 0 Å². The molecule has 1 aliphatic carbocycles. The fraction of sp³-hybridized carbons (Fsp3) is 0.409. The van der Waals surface area contributed by atoms with Crippen LogP contribution in [0, 0.1) is 0 Å². The van der Waals surface area contributed by atoms with E-state index in [9.17, 15) is 9.59 Å². The molecule has 0 aliphatic heterocycles. The summed E-state index contributed by atoms with van der Waals surface area (Å²) in [6.45, 7) is 5.89. The molecular formula is C22H29N5O2. The summed E-state index contributed by atoms with van der Waals surface area (Å²) in [5.74, 6) is 0.716. The number of urea groups is 1. The molecule has 1 fully saturated rings. The summed E-state index contributed by atoms with van der Waals surface area (Å²) >= 11 is 0. The summed E-state index contributed by atoms with van der Waals surface area (Å²) in [4.78, 5) is 31.6. The molecule has 0 radical (unpaired) electrons. The minimum absolute atomic E-state index is 0.151. The van der Waals surface area contributed by atoms with E-state index in [2.05, 4.69) is 39.7 Å². The molecule has 1 aromatic heterocycles. The molecule has 1 atom stereocenters. The van der Waals surface area contributed by atoms with Crippen LogP contribution in [0.1, 0.15) is 32.3 Å². The van der Waals surface area contributed by atoms with Gasteiger partial charge in [0.1, 0.15) is 11.9 Å². The predicted octanol–water partition coefficient (Wildman–Crippen LogP) is 2.94. The minimum atomic E-state index is -0.638. The number of pyridine rings is 1. The second kappa shape index (κ2) is 9.91. The molecule has 7 nitrogen and oxygen atoms in total. The number of carbonyl (C=O) groups excluding carboxylic acids is 2.